The van der Waals surface area contributed by atoms with Crippen LogP contribution in [0.15, 0.2) is 22.7 Å². The van der Waals surface area contributed by atoms with Gasteiger partial charge in [0.1, 0.15) is 5.75 Å². The van der Waals surface area contributed by atoms with Crippen molar-refractivity contribution < 1.29 is 17.9 Å². The van der Waals surface area contributed by atoms with Gasteiger partial charge in [-0.1, -0.05) is 6.42 Å². The summed E-state index contributed by atoms with van der Waals surface area (Å²) in [5, 5.41) is 3.27. The topological polar surface area (TPSA) is 24.5 Å². The van der Waals surface area contributed by atoms with Crippen molar-refractivity contribution in [2.24, 2.45) is 0 Å². The van der Waals surface area contributed by atoms with E-state index in [1.807, 2.05) is 0 Å². The number of ether oxygens (including phenoxy) is 1. The number of hydrogen-bond acceptors (Lipinski definition) is 3. The fourth-order valence-electron chi connectivity index (χ4n) is 2.46. The number of nitrogens with zero attached hydrogens (tertiary/aromatic N) is 1. The van der Waals surface area contributed by atoms with Crippen molar-refractivity contribution in [2.75, 3.05) is 25.5 Å². The van der Waals surface area contributed by atoms with Crippen molar-refractivity contribution in [3.8, 4) is 5.75 Å². The lowest BCUT2D eigenvalue weighted by Crippen LogP contribution is -2.40. The van der Waals surface area contributed by atoms with E-state index in [1.165, 1.54) is 18.9 Å². The van der Waals surface area contributed by atoms with Gasteiger partial charge >= 0.3 is 6.36 Å². The van der Waals surface area contributed by atoms with Gasteiger partial charge < -0.3 is 15.0 Å². The van der Waals surface area contributed by atoms with E-state index in [9.17, 15) is 13.2 Å². The van der Waals surface area contributed by atoms with Crippen LogP contribution >= 0.6 is 15.9 Å². The molecule has 1 heterocycles. The third-order valence-electron chi connectivity index (χ3n) is 3.62. The summed E-state index contributed by atoms with van der Waals surface area (Å²) in [5.41, 5.74) is 0.773. The van der Waals surface area contributed by atoms with Crippen LogP contribution in [0.2, 0.25) is 0 Å². The molecular formula is C14H18BrF3N2O. The number of likely N-dealkylation sites (tertiary alicyclic amines) is 1. The zero-order valence-corrected chi connectivity index (χ0v) is 13.3. The molecule has 0 spiro atoms. The normalized spacial score (nSPS) is 20.3. The fraction of sp³-hybridized carbons (Fsp3) is 0.571. The quantitative estimate of drug-likeness (QED) is 0.862. The van der Waals surface area contributed by atoms with Crippen molar-refractivity contribution in [1.29, 1.82) is 0 Å². The molecule has 7 heteroatoms. The number of piperidine rings is 1. The molecule has 1 aliphatic rings. The molecule has 1 fully saturated rings. The summed E-state index contributed by atoms with van der Waals surface area (Å²) < 4.78 is 40.8. The molecular weight excluding hydrogens is 349 g/mol. The Morgan fingerprint density at radius 2 is 2.14 bits per heavy atom. The minimum Gasteiger partial charge on any atom is -0.405 e. The molecule has 1 saturated heterocycles. The van der Waals surface area contributed by atoms with Crippen LogP contribution < -0.4 is 10.1 Å². The second-order valence-corrected chi connectivity index (χ2v) is 6.06. The second kappa shape index (κ2) is 6.87. The molecule has 1 unspecified atom stereocenters. The Labute approximate surface area is 130 Å². The summed E-state index contributed by atoms with van der Waals surface area (Å²) in [6.45, 7) is 1.87. The molecule has 1 N–H and O–H groups in total. The predicted molar refractivity (Wildman–Crippen MR) is 79.6 cm³/mol. The van der Waals surface area contributed by atoms with Gasteiger partial charge in [-0.2, -0.15) is 0 Å². The molecule has 0 bridgehead atoms. The zero-order valence-electron chi connectivity index (χ0n) is 11.7. The van der Waals surface area contributed by atoms with Crippen molar-refractivity contribution >= 4 is 21.6 Å². The standard InChI is InChI=1S/C14H18BrF3N2O/c1-20-7-3-2-4-11(20)9-19-10-5-6-13(12(15)8-10)21-14(16,17)18/h5-6,8,11,19H,2-4,7,9H2,1H3. The third kappa shape index (κ3) is 5.07. The van der Waals surface area contributed by atoms with Crippen LogP contribution in [0.4, 0.5) is 18.9 Å². The molecule has 1 aliphatic heterocycles. The lowest BCUT2D eigenvalue weighted by atomic mass is 10.0. The van der Waals surface area contributed by atoms with Crippen LogP contribution in [0.25, 0.3) is 0 Å². The monoisotopic (exact) mass is 366 g/mol. The van der Waals surface area contributed by atoms with Crippen molar-refractivity contribution in [1.82, 2.24) is 4.90 Å². The van der Waals surface area contributed by atoms with Gasteiger partial charge in [-0.15, -0.1) is 13.2 Å². The van der Waals surface area contributed by atoms with Crippen LogP contribution in [0.5, 0.6) is 5.75 Å². The number of likely N-dealkylation sites (N-methyl/N-ethyl adjacent to an activating group) is 1. The highest BCUT2D eigenvalue weighted by Gasteiger charge is 2.32. The maximum Gasteiger partial charge on any atom is 0.573 e. The summed E-state index contributed by atoms with van der Waals surface area (Å²) >= 11 is 3.10. The van der Waals surface area contributed by atoms with Gasteiger partial charge in [0.05, 0.1) is 4.47 Å². The Morgan fingerprint density at radius 1 is 1.38 bits per heavy atom. The SMILES string of the molecule is CN1CCCCC1CNc1ccc(OC(F)(F)F)c(Br)c1. The summed E-state index contributed by atoms with van der Waals surface area (Å²) in [6.07, 6.45) is -1.09. The number of nitrogens with one attached hydrogen (secondary N) is 1. The number of halogens is 4. The van der Waals surface area contributed by atoms with Gasteiger partial charge in [0.15, 0.2) is 0 Å². The largest absolute Gasteiger partial charge is 0.573 e. The van der Waals surface area contributed by atoms with Crippen LogP contribution in [0.1, 0.15) is 19.3 Å². The van der Waals surface area contributed by atoms with E-state index < -0.39 is 6.36 Å². The van der Waals surface area contributed by atoms with Gasteiger partial charge in [0.2, 0.25) is 0 Å². The number of hydrogen-bond donors (Lipinski definition) is 1. The first kappa shape index (κ1) is 16.4. The molecule has 0 amide bonds. The number of benzene rings is 1. The molecule has 0 saturated carbocycles. The first-order valence-corrected chi connectivity index (χ1v) is 7.64. The second-order valence-electron chi connectivity index (χ2n) is 5.20. The highest BCUT2D eigenvalue weighted by Crippen LogP contribution is 2.32. The molecule has 1 aromatic carbocycles. The van der Waals surface area contributed by atoms with Gasteiger partial charge in [-0.3, -0.25) is 0 Å². The minimum absolute atomic E-state index is 0.233. The van der Waals surface area contributed by atoms with Crippen molar-refractivity contribution in [3.63, 3.8) is 0 Å². The fourth-order valence-corrected chi connectivity index (χ4v) is 2.92. The summed E-state index contributed by atoms with van der Waals surface area (Å²) in [7, 11) is 2.10. The first-order valence-electron chi connectivity index (χ1n) is 6.84. The highest BCUT2D eigenvalue weighted by atomic mass is 79.9. The minimum atomic E-state index is -4.68. The van der Waals surface area contributed by atoms with Crippen molar-refractivity contribution in [3.05, 3.63) is 22.7 Å². The van der Waals surface area contributed by atoms with Gasteiger partial charge in [-0.05, 0) is 60.6 Å². The highest BCUT2D eigenvalue weighted by molar-refractivity contribution is 9.10. The number of anilines is 1. The Kier molecular flexibility index (Phi) is 5.37. The van der Waals surface area contributed by atoms with Gasteiger partial charge in [0, 0.05) is 18.3 Å². The number of alkyl halides is 3. The molecule has 0 aliphatic carbocycles. The van der Waals surface area contributed by atoms with E-state index in [4.69, 9.17) is 0 Å². The van der Waals surface area contributed by atoms with Crippen LogP contribution in [0.3, 0.4) is 0 Å². The summed E-state index contributed by atoms with van der Waals surface area (Å²) in [4.78, 5) is 2.31. The summed E-state index contributed by atoms with van der Waals surface area (Å²) in [6, 6.07) is 4.96. The third-order valence-corrected chi connectivity index (χ3v) is 4.24. The first-order chi connectivity index (χ1) is 9.85. The average molecular weight is 367 g/mol. The smallest absolute Gasteiger partial charge is 0.405 e. The number of rotatable bonds is 4. The van der Waals surface area contributed by atoms with E-state index in [2.05, 4.69) is 37.9 Å². The molecule has 1 atom stereocenters. The van der Waals surface area contributed by atoms with Crippen LogP contribution in [-0.2, 0) is 0 Å². The maximum atomic E-state index is 12.2. The Hall–Kier alpha value is -0.950. The molecule has 1 aromatic rings. The lowest BCUT2D eigenvalue weighted by molar-refractivity contribution is -0.274. The Bertz CT molecular complexity index is 482. The lowest BCUT2D eigenvalue weighted by Gasteiger charge is -2.32. The Morgan fingerprint density at radius 3 is 2.76 bits per heavy atom. The van der Waals surface area contributed by atoms with E-state index in [-0.39, 0.29) is 10.2 Å². The maximum absolute atomic E-state index is 12.2. The molecule has 2 rings (SSSR count). The van der Waals surface area contributed by atoms with Crippen LogP contribution in [0, 0.1) is 0 Å². The molecule has 0 aromatic heterocycles. The van der Waals surface area contributed by atoms with Gasteiger partial charge in [0.25, 0.3) is 0 Å². The summed E-state index contributed by atoms with van der Waals surface area (Å²) in [5.74, 6) is -0.233. The average Bonchev–Trinajstić information content (AvgIpc) is 2.39. The zero-order chi connectivity index (χ0) is 15.5. The van der Waals surface area contributed by atoms with E-state index in [1.54, 1.807) is 12.1 Å². The molecule has 3 nitrogen and oxygen atoms in total. The molecule has 118 valence electrons. The predicted octanol–water partition coefficient (Wildman–Crippen LogP) is 4.24. The van der Waals surface area contributed by atoms with Crippen LogP contribution in [-0.4, -0.2) is 37.4 Å². The van der Waals surface area contributed by atoms with E-state index >= 15 is 0 Å². The molecule has 21 heavy (non-hydrogen) atoms. The van der Waals surface area contributed by atoms with E-state index in [0.717, 1.165) is 25.2 Å². The van der Waals surface area contributed by atoms with Gasteiger partial charge in [-0.25, -0.2) is 0 Å². The molecule has 0 radical (unpaired) electrons. The van der Waals surface area contributed by atoms with E-state index in [0.29, 0.717) is 6.04 Å². The Balaban J connectivity index is 1.94. The van der Waals surface area contributed by atoms with Crippen molar-refractivity contribution in [2.45, 2.75) is 31.7 Å².